The van der Waals surface area contributed by atoms with E-state index >= 15 is 0 Å². The minimum absolute atomic E-state index is 0.0689. The number of ketones is 1. The van der Waals surface area contributed by atoms with Crippen LogP contribution in [0.1, 0.15) is 24.8 Å². The smallest absolute Gasteiger partial charge is 0.162 e. The molecule has 0 N–H and O–H groups in total. The van der Waals surface area contributed by atoms with Crippen molar-refractivity contribution in [3.05, 3.63) is 59.4 Å². The lowest BCUT2D eigenvalue weighted by Crippen LogP contribution is -2.29. The van der Waals surface area contributed by atoms with Crippen molar-refractivity contribution in [2.45, 2.75) is 25.7 Å². The Hall–Kier alpha value is -1.70. The standard InChI is InChI=1S/C17H17FO/c18-15-9-5-12(6-10-15)11-14-8-7-13-3-1-2-4-16(13)17(14)19/h1-2,4-6,9-10,13-14H,3,7-8,11H2. The number of benzene rings is 1. The predicted molar refractivity (Wildman–Crippen MR) is 73.2 cm³/mol. The lowest BCUT2D eigenvalue weighted by molar-refractivity contribution is -0.121. The Labute approximate surface area is 112 Å². The molecule has 1 aromatic rings. The lowest BCUT2D eigenvalue weighted by atomic mass is 9.72. The molecule has 2 aliphatic carbocycles. The highest BCUT2D eigenvalue weighted by Gasteiger charge is 2.33. The van der Waals surface area contributed by atoms with Crippen LogP contribution < -0.4 is 0 Å². The van der Waals surface area contributed by atoms with Crippen molar-refractivity contribution < 1.29 is 9.18 Å². The Kier molecular flexibility index (Phi) is 3.33. The van der Waals surface area contributed by atoms with Gasteiger partial charge in [-0.2, -0.15) is 0 Å². The van der Waals surface area contributed by atoms with Gasteiger partial charge in [0.1, 0.15) is 5.82 Å². The summed E-state index contributed by atoms with van der Waals surface area (Å²) in [5.41, 5.74) is 2.05. The molecule has 19 heavy (non-hydrogen) atoms. The Morgan fingerprint density at radius 2 is 1.95 bits per heavy atom. The number of carbonyl (C=O) groups excluding carboxylic acids is 1. The van der Waals surface area contributed by atoms with E-state index in [4.69, 9.17) is 0 Å². The summed E-state index contributed by atoms with van der Waals surface area (Å²) in [7, 11) is 0. The number of hydrogen-bond acceptors (Lipinski definition) is 1. The summed E-state index contributed by atoms with van der Waals surface area (Å²) >= 11 is 0. The second-order valence-corrected chi connectivity index (χ2v) is 5.45. The van der Waals surface area contributed by atoms with Crippen molar-refractivity contribution in [3.63, 3.8) is 0 Å². The van der Waals surface area contributed by atoms with Gasteiger partial charge in [0, 0.05) is 5.92 Å². The highest BCUT2D eigenvalue weighted by atomic mass is 19.1. The molecule has 98 valence electrons. The van der Waals surface area contributed by atoms with Gasteiger partial charge in [-0.05, 0) is 54.9 Å². The number of hydrogen-bond donors (Lipinski definition) is 0. The third-order valence-electron chi connectivity index (χ3n) is 4.19. The maximum Gasteiger partial charge on any atom is 0.162 e. The van der Waals surface area contributed by atoms with E-state index in [0.717, 1.165) is 36.8 Å². The van der Waals surface area contributed by atoms with Crippen LogP contribution in [0.25, 0.3) is 0 Å². The first-order valence-corrected chi connectivity index (χ1v) is 6.89. The molecule has 2 unspecified atom stereocenters. The van der Waals surface area contributed by atoms with E-state index in [2.05, 4.69) is 6.08 Å². The summed E-state index contributed by atoms with van der Waals surface area (Å²) in [6.07, 6.45) is 9.88. The molecule has 0 aliphatic heterocycles. The molecule has 1 aromatic carbocycles. The molecule has 0 amide bonds. The van der Waals surface area contributed by atoms with E-state index in [9.17, 15) is 9.18 Å². The van der Waals surface area contributed by atoms with Crippen molar-refractivity contribution in [2.24, 2.45) is 11.8 Å². The van der Waals surface area contributed by atoms with Gasteiger partial charge in [0.25, 0.3) is 0 Å². The molecule has 0 spiro atoms. The van der Waals surface area contributed by atoms with E-state index in [-0.39, 0.29) is 11.7 Å². The van der Waals surface area contributed by atoms with E-state index in [0.29, 0.717) is 11.7 Å². The Morgan fingerprint density at radius 3 is 2.74 bits per heavy atom. The average molecular weight is 256 g/mol. The van der Waals surface area contributed by atoms with Gasteiger partial charge in [-0.3, -0.25) is 4.79 Å². The molecule has 1 fully saturated rings. The van der Waals surface area contributed by atoms with Crippen LogP contribution in [0.4, 0.5) is 4.39 Å². The summed E-state index contributed by atoms with van der Waals surface area (Å²) in [5.74, 6) is 0.574. The summed E-state index contributed by atoms with van der Waals surface area (Å²) in [6, 6.07) is 6.50. The Bertz CT molecular complexity index is 539. The molecule has 3 rings (SSSR count). The topological polar surface area (TPSA) is 17.1 Å². The molecule has 1 nitrogen and oxygen atoms in total. The molecule has 0 radical (unpaired) electrons. The van der Waals surface area contributed by atoms with E-state index in [1.807, 2.05) is 12.2 Å². The van der Waals surface area contributed by atoms with E-state index in [1.54, 1.807) is 12.1 Å². The molecule has 0 aromatic heterocycles. The average Bonchev–Trinajstić information content (AvgIpc) is 2.45. The number of rotatable bonds is 2. The normalized spacial score (nSPS) is 25.9. The van der Waals surface area contributed by atoms with Gasteiger partial charge in [-0.15, -0.1) is 0 Å². The SMILES string of the molecule is O=C1C2=CC=CCC2CCC1Cc1ccc(F)cc1. The first-order valence-electron chi connectivity index (χ1n) is 6.89. The zero-order valence-electron chi connectivity index (χ0n) is 10.8. The highest BCUT2D eigenvalue weighted by molar-refractivity contribution is 5.99. The summed E-state index contributed by atoms with van der Waals surface area (Å²) < 4.78 is 12.9. The van der Waals surface area contributed by atoms with Gasteiger partial charge in [-0.25, -0.2) is 4.39 Å². The first-order chi connectivity index (χ1) is 9.24. The second kappa shape index (κ2) is 5.12. The van der Waals surface area contributed by atoms with Crippen molar-refractivity contribution in [3.8, 4) is 0 Å². The number of halogens is 1. The molecule has 0 saturated heterocycles. The van der Waals surface area contributed by atoms with Crippen molar-refractivity contribution in [1.29, 1.82) is 0 Å². The van der Waals surface area contributed by atoms with Gasteiger partial charge < -0.3 is 0 Å². The molecular weight excluding hydrogens is 239 g/mol. The fourth-order valence-corrected chi connectivity index (χ4v) is 3.10. The molecular formula is C17H17FO. The van der Waals surface area contributed by atoms with E-state index in [1.165, 1.54) is 12.1 Å². The van der Waals surface area contributed by atoms with Gasteiger partial charge >= 0.3 is 0 Å². The highest BCUT2D eigenvalue weighted by Crippen LogP contribution is 2.36. The van der Waals surface area contributed by atoms with Gasteiger partial charge in [0.15, 0.2) is 5.78 Å². The zero-order valence-corrected chi connectivity index (χ0v) is 10.8. The van der Waals surface area contributed by atoms with Gasteiger partial charge in [0.2, 0.25) is 0 Å². The van der Waals surface area contributed by atoms with Crippen LogP contribution in [0.3, 0.4) is 0 Å². The molecule has 1 saturated carbocycles. The lowest BCUT2D eigenvalue weighted by Gasteiger charge is -2.30. The summed E-state index contributed by atoms with van der Waals surface area (Å²) in [4.78, 5) is 12.5. The van der Waals surface area contributed by atoms with Gasteiger partial charge in [-0.1, -0.05) is 30.4 Å². The third kappa shape index (κ3) is 2.53. The first kappa shape index (κ1) is 12.3. The van der Waals surface area contributed by atoms with Crippen molar-refractivity contribution in [1.82, 2.24) is 0 Å². The van der Waals surface area contributed by atoms with Crippen LogP contribution in [0.15, 0.2) is 48.1 Å². The number of fused-ring (bicyclic) bond motifs is 1. The van der Waals surface area contributed by atoms with Crippen LogP contribution >= 0.6 is 0 Å². The van der Waals surface area contributed by atoms with Crippen LogP contribution in [-0.2, 0) is 11.2 Å². The summed E-state index contributed by atoms with van der Waals surface area (Å²) in [6.45, 7) is 0. The maximum absolute atomic E-state index is 12.9. The largest absolute Gasteiger partial charge is 0.294 e. The third-order valence-corrected chi connectivity index (χ3v) is 4.19. The van der Waals surface area contributed by atoms with E-state index < -0.39 is 0 Å². The fraction of sp³-hybridized carbons (Fsp3) is 0.353. The summed E-state index contributed by atoms with van der Waals surface area (Å²) in [5, 5.41) is 0. The van der Waals surface area contributed by atoms with Crippen LogP contribution in [0.5, 0.6) is 0 Å². The second-order valence-electron chi connectivity index (χ2n) is 5.45. The van der Waals surface area contributed by atoms with Gasteiger partial charge in [0.05, 0.1) is 0 Å². The molecule has 0 heterocycles. The fourth-order valence-electron chi connectivity index (χ4n) is 3.10. The quantitative estimate of drug-likeness (QED) is 0.785. The number of allylic oxidation sites excluding steroid dienone is 4. The molecule has 2 aliphatic rings. The van der Waals surface area contributed by atoms with Crippen LogP contribution in [0, 0.1) is 17.7 Å². The molecule has 0 bridgehead atoms. The number of carbonyl (C=O) groups is 1. The van der Waals surface area contributed by atoms with Crippen LogP contribution in [0.2, 0.25) is 0 Å². The maximum atomic E-state index is 12.9. The van der Waals surface area contributed by atoms with Crippen molar-refractivity contribution in [2.75, 3.05) is 0 Å². The van der Waals surface area contributed by atoms with Crippen molar-refractivity contribution >= 4 is 5.78 Å². The Balaban J connectivity index is 1.75. The molecule has 2 heteroatoms. The number of Topliss-reactive ketones (excluding diaryl/α,β-unsaturated/α-hetero) is 1. The van der Waals surface area contributed by atoms with Crippen LogP contribution in [-0.4, -0.2) is 5.78 Å². The zero-order chi connectivity index (χ0) is 13.2. The monoisotopic (exact) mass is 256 g/mol. The molecule has 2 atom stereocenters. The minimum atomic E-state index is -0.223. The predicted octanol–water partition coefficient (Wildman–Crippen LogP) is 3.85. The Morgan fingerprint density at radius 1 is 1.16 bits per heavy atom. The minimum Gasteiger partial charge on any atom is -0.294 e.